The first-order valence-corrected chi connectivity index (χ1v) is 10.5. The Bertz CT molecular complexity index is 991. The lowest BCUT2D eigenvalue weighted by molar-refractivity contribution is -0.384. The number of nitro groups is 1. The van der Waals surface area contributed by atoms with Crippen LogP contribution in [0.15, 0.2) is 53.4 Å². The molecule has 0 spiro atoms. The number of esters is 1. The molecule has 0 aliphatic heterocycles. The monoisotopic (exact) mass is 443 g/mol. The number of benzene rings is 2. The number of amides is 2. The molecule has 162 valence electrons. The van der Waals surface area contributed by atoms with Gasteiger partial charge in [0.15, 0.2) is 6.61 Å². The molecular weight excluding hydrogens is 422 g/mol. The van der Waals surface area contributed by atoms with Crippen molar-refractivity contribution in [2.24, 2.45) is 0 Å². The molecule has 10 heteroatoms. The highest BCUT2D eigenvalue weighted by atomic mass is 32.2. The molecule has 1 aliphatic rings. The number of anilines is 1. The van der Waals surface area contributed by atoms with Crippen LogP contribution >= 0.6 is 11.8 Å². The normalized spacial score (nSPS) is 13.7. The van der Waals surface area contributed by atoms with Crippen LogP contribution in [0.5, 0.6) is 0 Å². The second-order valence-electron chi connectivity index (χ2n) is 7.00. The van der Waals surface area contributed by atoms with E-state index in [9.17, 15) is 24.5 Å². The van der Waals surface area contributed by atoms with Crippen molar-refractivity contribution < 1.29 is 24.0 Å². The van der Waals surface area contributed by atoms with E-state index in [1.54, 1.807) is 43.3 Å². The second kappa shape index (κ2) is 10.1. The summed E-state index contributed by atoms with van der Waals surface area (Å²) < 4.78 is 5.05. The van der Waals surface area contributed by atoms with Gasteiger partial charge in [-0.25, -0.2) is 0 Å². The summed E-state index contributed by atoms with van der Waals surface area (Å²) in [5, 5.41) is 15.6. The van der Waals surface area contributed by atoms with Crippen molar-refractivity contribution in [3.05, 3.63) is 64.2 Å². The maximum Gasteiger partial charge on any atom is 0.319 e. The number of carbonyl (C=O) groups excluding carboxylic acids is 3. The fourth-order valence-electron chi connectivity index (χ4n) is 2.58. The number of thioether (sulfide) groups is 1. The summed E-state index contributed by atoms with van der Waals surface area (Å²) in [6, 6.07) is 12.6. The van der Waals surface area contributed by atoms with Crippen molar-refractivity contribution in [3.63, 3.8) is 0 Å². The van der Waals surface area contributed by atoms with Gasteiger partial charge in [-0.3, -0.25) is 24.5 Å². The highest BCUT2D eigenvalue weighted by molar-refractivity contribution is 8.00. The summed E-state index contributed by atoms with van der Waals surface area (Å²) in [7, 11) is 0. The van der Waals surface area contributed by atoms with Gasteiger partial charge in [-0.05, 0) is 50.1 Å². The van der Waals surface area contributed by atoms with E-state index in [2.05, 4.69) is 10.6 Å². The molecule has 3 rings (SSSR count). The number of hydrogen-bond donors (Lipinski definition) is 2. The molecule has 1 unspecified atom stereocenters. The summed E-state index contributed by atoms with van der Waals surface area (Å²) >= 11 is 1.17. The van der Waals surface area contributed by atoms with E-state index >= 15 is 0 Å². The van der Waals surface area contributed by atoms with Gasteiger partial charge in [0.05, 0.1) is 4.92 Å². The molecule has 0 heterocycles. The predicted octanol–water partition coefficient (Wildman–Crippen LogP) is 3.15. The molecule has 31 heavy (non-hydrogen) atoms. The molecule has 2 amide bonds. The highest BCUT2D eigenvalue weighted by Crippen LogP contribution is 2.26. The van der Waals surface area contributed by atoms with Gasteiger partial charge in [0.2, 0.25) is 0 Å². The van der Waals surface area contributed by atoms with Crippen molar-refractivity contribution in [2.75, 3.05) is 11.9 Å². The van der Waals surface area contributed by atoms with Crippen LogP contribution in [0.4, 0.5) is 11.4 Å². The van der Waals surface area contributed by atoms with E-state index in [0.717, 1.165) is 12.8 Å². The quantitative estimate of drug-likeness (QED) is 0.264. The topological polar surface area (TPSA) is 128 Å². The molecule has 0 bridgehead atoms. The largest absolute Gasteiger partial charge is 0.455 e. The number of nitro benzene ring substituents is 1. The molecule has 0 aromatic heterocycles. The van der Waals surface area contributed by atoms with Crippen LogP contribution in [-0.2, 0) is 14.3 Å². The Morgan fingerprint density at radius 1 is 1.19 bits per heavy atom. The molecule has 2 N–H and O–H groups in total. The first-order chi connectivity index (χ1) is 14.8. The molecule has 1 atom stereocenters. The highest BCUT2D eigenvalue weighted by Gasteiger charge is 2.24. The summed E-state index contributed by atoms with van der Waals surface area (Å²) in [6.07, 6.45) is 1.96. The first-order valence-electron chi connectivity index (χ1n) is 9.60. The predicted molar refractivity (Wildman–Crippen MR) is 115 cm³/mol. The summed E-state index contributed by atoms with van der Waals surface area (Å²) in [5.41, 5.74) is 0.831. The number of rotatable bonds is 9. The minimum Gasteiger partial charge on any atom is -0.455 e. The molecule has 0 radical (unpaired) electrons. The molecule has 2 aromatic rings. The van der Waals surface area contributed by atoms with Gasteiger partial charge in [0.1, 0.15) is 5.25 Å². The number of non-ortho nitro benzene ring substituents is 1. The Morgan fingerprint density at radius 2 is 1.90 bits per heavy atom. The molecule has 1 saturated carbocycles. The van der Waals surface area contributed by atoms with Crippen LogP contribution in [0.2, 0.25) is 0 Å². The lowest BCUT2D eigenvalue weighted by Crippen LogP contribution is -2.26. The van der Waals surface area contributed by atoms with E-state index in [4.69, 9.17) is 4.74 Å². The number of hydrogen-bond acceptors (Lipinski definition) is 7. The third-order valence-corrected chi connectivity index (χ3v) is 5.45. The van der Waals surface area contributed by atoms with E-state index < -0.39 is 28.7 Å². The van der Waals surface area contributed by atoms with E-state index in [1.807, 2.05) is 0 Å². The maximum absolute atomic E-state index is 12.1. The number of nitrogens with one attached hydrogen (secondary N) is 2. The zero-order chi connectivity index (χ0) is 22.4. The molecule has 1 fully saturated rings. The fraction of sp³-hybridized carbons (Fsp3) is 0.286. The molecule has 2 aromatic carbocycles. The number of carbonyl (C=O) groups is 3. The Morgan fingerprint density at radius 3 is 2.55 bits per heavy atom. The van der Waals surface area contributed by atoms with Gasteiger partial charge in [-0.1, -0.05) is 6.07 Å². The van der Waals surface area contributed by atoms with E-state index in [0.29, 0.717) is 16.1 Å². The van der Waals surface area contributed by atoms with Crippen molar-refractivity contribution in [1.82, 2.24) is 5.32 Å². The second-order valence-corrected chi connectivity index (χ2v) is 8.41. The van der Waals surface area contributed by atoms with Crippen molar-refractivity contribution in [1.29, 1.82) is 0 Å². The third-order valence-electron chi connectivity index (χ3n) is 4.36. The van der Waals surface area contributed by atoms with Crippen LogP contribution in [0, 0.1) is 10.1 Å². The Hall–Kier alpha value is -3.40. The van der Waals surface area contributed by atoms with Gasteiger partial charge >= 0.3 is 5.97 Å². The van der Waals surface area contributed by atoms with Gasteiger partial charge in [0.25, 0.3) is 17.5 Å². The molecule has 0 saturated heterocycles. The average molecular weight is 443 g/mol. The van der Waals surface area contributed by atoms with E-state index in [1.165, 1.54) is 23.9 Å². The SMILES string of the molecule is CC(Sc1ccc([N+](=O)[O-])cc1)C(=O)OCC(=O)Nc1cccc(C(=O)NC2CC2)c1. The zero-order valence-corrected chi connectivity index (χ0v) is 17.5. The van der Waals surface area contributed by atoms with Crippen LogP contribution in [0.3, 0.4) is 0 Å². The first kappa shape index (κ1) is 22.3. The van der Waals surface area contributed by atoms with Gasteiger partial charge in [-0.2, -0.15) is 0 Å². The van der Waals surface area contributed by atoms with Gasteiger partial charge in [0, 0.05) is 34.3 Å². The van der Waals surface area contributed by atoms with Crippen LogP contribution in [-0.4, -0.2) is 40.6 Å². The fourth-order valence-corrected chi connectivity index (χ4v) is 3.45. The van der Waals surface area contributed by atoms with Crippen molar-refractivity contribution >= 4 is 40.9 Å². The molecular formula is C21H21N3O6S. The Labute approximate surface area is 182 Å². The third kappa shape index (κ3) is 6.82. The summed E-state index contributed by atoms with van der Waals surface area (Å²) in [5.74, 6) is -1.31. The van der Waals surface area contributed by atoms with Crippen molar-refractivity contribution in [3.8, 4) is 0 Å². The van der Waals surface area contributed by atoms with Crippen LogP contribution in [0.25, 0.3) is 0 Å². The molecule has 1 aliphatic carbocycles. The lowest BCUT2D eigenvalue weighted by Gasteiger charge is -2.12. The lowest BCUT2D eigenvalue weighted by atomic mass is 10.2. The smallest absolute Gasteiger partial charge is 0.319 e. The number of ether oxygens (including phenoxy) is 1. The van der Waals surface area contributed by atoms with Crippen LogP contribution in [0.1, 0.15) is 30.1 Å². The van der Waals surface area contributed by atoms with Gasteiger partial charge < -0.3 is 15.4 Å². The van der Waals surface area contributed by atoms with Crippen molar-refractivity contribution in [2.45, 2.75) is 36.0 Å². The summed E-state index contributed by atoms with van der Waals surface area (Å²) in [4.78, 5) is 47.2. The zero-order valence-electron chi connectivity index (χ0n) is 16.7. The molecule has 9 nitrogen and oxygen atoms in total. The van der Waals surface area contributed by atoms with E-state index in [-0.39, 0.29) is 17.6 Å². The summed E-state index contributed by atoms with van der Waals surface area (Å²) in [6.45, 7) is 1.15. The number of nitrogens with zero attached hydrogens (tertiary/aromatic N) is 1. The maximum atomic E-state index is 12.1. The Kier molecular flexibility index (Phi) is 7.24. The minimum atomic E-state index is -0.608. The Balaban J connectivity index is 1.45. The van der Waals surface area contributed by atoms with Gasteiger partial charge in [-0.15, -0.1) is 11.8 Å². The average Bonchev–Trinajstić information content (AvgIpc) is 3.56. The standard InChI is InChI=1S/C21H21N3O6S/c1-13(31-18-9-7-17(8-10-18)24(28)29)21(27)30-12-19(25)22-16-4-2-3-14(11-16)20(26)23-15-5-6-15/h2-4,7-11,13,15H,5-6,12H2,1H3,(H,22,25)(H,23,26). The minimum absolute atomic E-state index is 0.0367. The van der Waals surface area contributed by atoms with Crippen LogP contribution < -0.4 is 10.6 Å².